The van der Waals surface area contributed by atoms with Crippen LogP contribution in [0.3, 0.4) is 0 Å². The molecule has 0 unspecified atom stereocenters. The van der Waals surface area contributed by atoms with Crippen molar-refractivity contribution in [2.75, 3.05) is 13.1 Å². The normalized spacial score (nSPS) is 18.9. The van der Waals surface area contributed by atoms with Crippen molar-refractivity contribution in [3.8, 4) is 0 Å². The fourth-order valence-corrected chi connectivity index (χ4v) is 4.03. The lowest BCUT2D eigenvalue weighted by Crippen LogP contribution is -2.42. The van der Waals surface area contributed by atoms with Crippen LogP contribution in [-0.4, -0.2) is 33.4 Å². The van der Waals surface area contributed by atoms with Crippen LogP contribution in [0.2, 0.25) is 0 Å². The number of carbonyl (C=O) groups is 1. The molecule has 5 nitrogen and oxygen atoms in total. The summed E-state index contributed by atoms with van der Waals surface area (Å²) in [7, 11) is 0. The monoisotopic (exact) mass is 319 g/mol. The maximum absolute atomic E-state index is 12.6. The molecule has 118 valence electrons. The quantitative estimate of drug-likeness (QED) is 0.854. The van der Waals surface area contributed by atoms with Gasteiger partial charge in [0.25, 0.3) is 5.56 Å². The van der Waals surface area contributed by atoms with E-state index in [1.165, 1.54) is 28.7 Å². The number of aromatic nitrogens is 2. The molecule has 0 radical (unpaired) electrons. The van der Waals surface area contributed by atoms with Crippen LogP contribution in [0, 0.1) is 19.8 Å². The third-order valence-corrected chi connectivity index (χ3v) is 5.59. The SMILES string of the molecule is Cc1sc2ncn(CC(=O)N3CCC[C@@H](C)C3)c(=O)c2c1C. The number of nitrogens with zero attached hydrogens (tertiary/aromatic N) is 3. The molecule has 2 aromatic heterocycles. The van der Waals surface area contributed by atoms with Crippen molar-refractivity contribution < 1.29 is 4.79 Å². The van der Waals surface area contributed by atoms with Gasteiger partial charge in [0, 0.05) is 18.0 Å². The van der Waals surface area contributed by atoms with Crippen LogP contribution in [0.25, 0.3) is 10.2 Å². The molecule has 0 bridgehead atoms. The van der Waals surface area contributed by atoms with Gasteiger partial charge in [0.05, 0.1) is 11.7 Å². The van der Waals surface area contributed by atoms with Gasteiger partial charge in [-0.3, -0.25) is 14.2 Å². The highest BCUT2D eigenvalue weighted by atomic mass is 32.1. The Morgan fingerprint density at radius 2 is 2.23 bits per heavy atom. The maximum Gasteiger partial charge on any atom is 0.262 e. The Labute approximate surface area is 133 Å². The van der Waals surface area contributed by atoms with Crippen molar-refractivity contribution in [1.29, 1.82) is 0 Å². The first-order valence-electron chi connectivity index (χ1n) is 7.70. The Hall–Kier alpha value is -1.69. The van der Waals surface area contributed by atoms with E-state index in [1.54, 1.807) is 0 Å². The van der Waals surface area contributed by atoms with E-state index < -0.39 is 0 Å². The number of amides is 1. The zero-order valence-corrected chi connectivity index (χ0v) is 14.1. The standard InChI is InChI=1S/C16H21N3O2S/c1-10-5-4-6-18(7-10)13(20)8-19-9-17-15-14(16(19)21)11(2)12(3)22-15/h9-10H,4-8H2,1-3H3/t10-/m1/s1. The molecule has 1 amide bonds. The summed E-state index contributed by atoms with van der Waals surface area (Å²) in [6, 6.07) is 0. The number of fused-ring (bicyclic) bond motifs is 1. The minimum Gasteiger partial charge on any atom is -0.341 e. The average molecular weight is 319 g/mol. The van der Waals surface area contributed by atoms with Gasteiger partial charge in [-0.25, -0.2) is 4.98 Å². The molecule has 0 aliphatic carbocycles. The van der Waals surface area contributed by atoms with E-state index in [-0.39, 0.29) is 18.0 Å². The van der Waals surface area contributed by atoms with Crippen LogP contribution < -0.4 is 5.56 Å². The Balaban J connectivity index is 1.88. The number of likely N-dealkylation sites (tertiary alicyclic amines) is 1. The van der Waals surface area contributed by atoms with E-state index in [0.717, 1.165) is 34.8 Å². The van der Waals surface area contributed by atoms with E-state index in [9.17, 15) is 9.59 Å². The smallest absolute Gasteiger partial charge is 0.262 e. The number of carbonyl (C=O) groups excluding carboxylic acids is 1. The Morgan fingerprint density at radius 3 is 2.95 bits per heavy atom. The summed E-state index contributed by atoms with van der Waals surface area (Å²) in [5.74, 6) is 0.552. The molecule has 0 N–H and O–H groups in total. The van der Waals surface area contributed by atoms with Crippen LogP contribution in [0.1, 0.15) is 30.2 Å². The Kier molecular flexibility index (Phi) is 4.04. The molecule has 1 saturated heterocycles. The number of aryl methyl sites for hydroxylation is 2. The molecule has 0 saturated carbocycles. The van der Waals surface area contributed by atoms with Crippen molar-refractivity contribution in [2.24, 2.45) is 5.92 Å². The van der Waals surface area contributed by atoms with Gasteiger partial charge >= 0.3 is 0 Å². The van der Waals surface area contributed by atoms with Gasteiger partial charge in [-0.05, 0) is 38.2 Å². The van der Waals surface area contributed by atoms with Crippen molar-refractivity contribution in [1.82, 2.24) is 14.5 Å². The Morgan fingerprint density at radius 1 is 1.45 bits per heavy atom. The maximum atomic E-state index is 12.6. The lowest BCUT2D eigenvalue weighted by Gasteiger charge is -2.31. The molecular formula is C16H21N3O2S. The van der Waals surface area contributed by atoms with Gasteiger partial charge in [-0.2, -0.15) is 0 Å². The summed E-state index contributed by atoms with van der Waals surface area (Å²) in [4.78, 5) is 33.1. The van der Waals surface area contributed by atoms with Gasteiger partial charge in [0.1, 0.15) is 11.4 Å². The topological polar surface area (TPSA) is 55.2 Å². The summed E-state index contributed by atoms with van der Waals surface area (Å²) >= 11 is 1.53. The summed E-state index contributed by atoms with van der Waals surface area (Å²) in [5.41, 5.74) is 0.871. The summed E-state index contributed by atoms with van der Waals surface area (Å²) < 4.78 is 1.45. The number of hydrogen-bond acceptors (Lipinski definition) is 4. The highest BCUT2D eigenvalue weighted by molar-refractivity contribution is 7.18. The highest BCUT2D eigenvalue weighted by Gasteiger charge is 2.22. The fourth-order valence-electron chi connectivity index (χ4n) is 3.04. The fraction of sp³-hybridized carbons (Fsp3) is 0.562. The van der Waals surface area contributed by atoms with E-state index in [1.807, 2.05) is 18.7 Å². The first-order valence-corrected chi connectivity index (χ1v) is 8.52. The molecule has 1 aliphatic rings. The summed E-state index contributed by atoms with van der Waals surface area (Å²) in [5, 5.41) is 0.657. The minimum absolute atomic E-state index is 0.0133. The van der Waals surface area contributed by atoms with E-state index in [4.69, 9.17) is 0 Å². The first-order chi connectivity index (χ1) is 10.5. The van der Waals surface area contributed by atoms with Crippen LogP contribution in [-0.2, 0) is 11.3 Å². The summed E-state index contributed by atoms with van der Waals surface area (Å²) in [6.45, 7) is 7.77. The van der Waals surface area contributed by atoms with Crippen LogP contribution >= 0.6 is 11.3 Å². The third-order valence-electron chi connectivity index (χ3n) is 4.47. The molecule has 0 spiro atoms. The predicted molar refractivity (Wildman–Crippen MR) is 88.3 cm³/mol. The van der Waals surface area contributed by atoms with Crippen molar-refractivity contribution in [2.45, 2.75) is 40.2 Å². The summed E-state index contributed by atoms with van der Waals surface area (Å²) in [6.07, 6.45) is 3.72. The van der Waals surface area contributed by atoms with Gasteiger partial charge in [-0.1, -0.05) is 6.92 Å². The van der Waals surface area contributed by atoms with Gasteiger partial charge in [-0.15, -0.1) is 11.3 Å². The largest absolute Gasteiger partial charge is 0.341 e. The molecule has 1 atom stereocenters. The zero-order valence-electron chi connectivity index (χ0n) is 13.3. The van der Waals surface area contributed by atoms with Crippen molar-refractivity contribution in [3.63, 3.8) is 0 Å². The second kappa shape index (κ2) is 5.83. The molecule has 2 aromatic rings. The molecule has 1 aliphatic heterocycles. The molecule has 22 heavy (non-hydrogen) atoms. The molecule has 3 heterocycles. The van der Waals surface area contributed by atoms with Gasteiger partial charge < -0.3 is 4.90 Å². The molecule has 0 aromatic carbocycles. The third kappa shape index (κ3) is 2.67. The van der Waals surface area contributed by atoms with E-state index >= 15 is 0 Å². The minimum atomic E-state index is -0.106. The van der Waals surface area contributed by atoms with Crippen LogP contribution in [0.5, 0.6) is 0 Å². The lowest BCUT2D eigenvalue weighted by molar-refractivity contribution is -0.133. The number of piperidine rings is 1. The Bertz CT molecular complexity index is 778. The van der Waals surface area contributed by atoms with E-state index in [2.05, 4.69) is 11.9 Å². The molecule has 6 heteroatoms. The van der Waals surface area contributed by atoms with Gasteiger partial charge in [0.2, 0.25) is 5.91 Å². The zero-order chi connectivity index (χ0) is 15.9. The molecular weight excluding hydrogens is 298 g/mol. The van der Waals surface area contributed by atoms with E-state index in [0.29, 0.717) is 11.3 Å². The molecule has 1 fully saturated rings. The molecule has 3 rings (SSSR count). The van der Waals surface area contributed by atoms with Crippen molar-refractivity contribution >= 4 is 27.5 Å². The second-order valence-corrected chi connectivity index (χ2v) is 7.43. The number of hydrogen-bond donors (Lipinski definition) is 0. The average Bonchev–Trinajstić information content (AvgIpc) is 2.78. The van der Waals surface area contributed by atoms with Gasteiger partial charge in [0.15, 0.2) is 0 Å². The highest BCUT2D eigenvalue weighted by Crippen LogP contribution is 2.25. The second-order valence-electron chi connectivity index (χ2n) is 6.23. The van der Waals surface area contributed by atoms with Crippen LogP contribution in [0.4, 0.5) is 0 Å². The predicted octanol–water partition coefficient (Wildman–Crippen LogP) is 2.33. The number of thiophene rings is 1. The van der Waals surface area contributed by atoms with Crippen LogP contribution in [0.15, 0.2) is 11.1 Å². The lowest BCUT2D eigenvalue weighted by atomic mass is 10.0. The number of rotatable bonds is 2. The van der Waals surface area contributed by atoms with Crippen molar-refractivity contribution in [3.05, 3.63) is 27.1 Å². The first kappa shape index (κ1) is 15.2.